The Morgan fingerprint density at radius 1 is 0.933 bits per heavy atom. The Morgan fingerprint density at radius 3 is 2.30 bits per heavy atom. The summed E-state index contributed by atoms with van der Waals surface area (Å²) in [4.78, 5) is 44.3. The summed E-state index contributed by atoms with van der Waals surface area (Å²) < 4.78 is 3.47. The number of unbranched alkanes of at least 4 members (excludes halogenated alkanes) is 5. The van der Waals surface area contributed by atoms with Gasteiger partial charge in [0.1, 0.15) is 5.82 Å². The highest BCUT2D eigenvalue weighted by molar-refractivity contribution is 5.76. The van der Waals surface area contributed by atoms with Crippen LogP contribution in [0.3, 0.4) is 0 Å². The normalized spacial score (nSPS) is 11.3. The van der Waals surface area contributed by atoms with Gasteiger partial charge in [-0.05, 0) is 19.3 Å². The number of rotatable bonds is 14. The zero-order chi connectivity index (χ0) is 21.9. The number of carbonyl (C=O) groups is 1. The van der Waals surface area contributed by atoms with Gasteiger partial charge in [0.25, 0.3) is 5.56 Å². The van der Waals surface area contributed by atoms with E-state index >= 15 is 0 Å². The molecule has 0 radical (unpaired) electrons. The van der Waals surface area contributed by atoms with E-state index in [1.54, 1.807) is 4.57 Å². The van der Waals surface area contributed by atoms with Crippen LogP contribution in [0.5, 0.6) is 0 Å². The van der Waals surface area contributed by atoms with E-state index < -0.39 is 11.2 Å². The molecule has 0 saturated heterocycles. The van der Waals surface area contributed by atoms with Gasteiger partial charge in [-0.15, -0.1) is 0 Å². The largest absolute Gasteiger partial charge is 0.356 e. The number of aromatic nitrogens is 4. The van der Waals surface area contributed by atoms with Gasteiger partial charge in [0.15, 0.2) is 11.2 Å². The third-order valence-electron chi connectivity index (χ3n) is 5.36. The number of amides is 1. The van der Waals surface area contributed by atoms with E-state index in [-0.39, 0.29) is 5.91 Å². The first-order valence-corrected chi connectivity index (χ1v) is 11.5. The second kappa shape index (κ2) is 12.3. The van der Waals surface area contributed by atoms with E-state index in [0.29, 0.717) is 49.5 Å². The molecule has 2 aromatic rings. The third-order valence-corrected chi connectivity index (χ3v) is 5.36. The molecule has 30 heavy (non-hydrogen) atoms. The quantitative estimate of drug-likeness (QED) is 0.459. The number of nitrogens with one attached hydrogen (secondary N) is 2. The lowest BCUT2D eigenvalue weighted by molar-refractivity contribution is -0.121. The molecular formula is C22H37N5O3. The summed E-state index contributed by atoms with van der Waals surface area (Å²) in [6, 6.07) is 0. The Balaban J connectivity index is 2.30. The molecule has 0 unspecified atom stereocenters. The molecule has 0 saturated carbocycles. The first kappa shape index (κ1) is 23.9. The van der Waals surface area contributed by atoms with Gasteiger partial charge in [-0.1, -0.05) is 52.9 Å². The minimum Gasteiger partial charge on any atom is -0.356 e. The minimum atomic E-state index is -0.417. The number of imidazole rings is 1. The second-order valence-corrected chi connectivity index (χ2v) is 7.88. The molecule has 2 heterocycles. The van der Waals surface area contributed by atoms with Crippen LogP contribution in [0.15, 0.2) is 9.59 Å². The number of hydrogen-bond donors (Lipinski definition) is 2. The van der Waals surface area contributed by atoms with Crippen molar-refractivity contribution in [2.45, 2.75) is 98.1 Å². The molecule has 0 bridgehead atoms. The van der Waals surface area contributed by atoms with E-state index in [1.807, 2.05) is 4.57 Å². The topological polar surface area (TPSA) is 102 Å². The molecule has 0 fully saturated rings. The van der Waals surface area contributed by atoms with Crippen molar-refractivity contribution in [3.63, 3.8) is 0 Å². The van der Waals surface area contributed by atoms with Crippen molar-refractivity contribution >= 4 is 17.1 Å². The monoisotopic (exact) mass is 419 g/mol. The molecule has 0 spiro atoms. The average molecular weight is 420 g/mol. The number of aromatic amines is 1. The second-order valence-electron chi connectivity index (χ2n) is 7.88. The number of hydrogen-bond acceptors (Lipinski definition) is 4. The zero-order valence-corrected chi connectivity index (χ0v) is 18.8. The van der Waals surface area contributed by atoms with E-state index in [0.717, 1.165) is 51.4 Å². The molecule has 8 nitrogen and oxygen atoms in total. The van der Waals surface area contributed by atoms with Crippen LogP contribution in [-0.2, 0) is 24.3 Å². The first-order chi connectivity index (χ1) is 14.5. The molecule has 0 aliphatic rings. The molecular weight excluding hydrogens is 382 g/mol. The highest BCUT2D eigenvalue weighted by Crippen LogP contribution is 2.15. The van der Waals surface area contributed by atoms with Gasteiger partial charge < -0.3 is 9.88 Å². The van der Waals surface area contributed by atoms with Gasteiger partial charge in [-0.25, -0.2) is 9.78 Å². The summed E-state index contributed by atoms with van der Waals surface area (Å²) in [6.45, 7) is 8.19. The van der Waals surface area contributed by atoms with E-state index in [2.05, 4.69) is 36.1 Å². The van der Waals surface area contributed by atoms with E-state index in [4.69, 9.17) is 0 Å². The Bertz CT molecular complexity index is 925. The number of carbonyl (C=O) groups excluding carboxylic acids is 1. The Kier molecular flexibility index (Phi) is 9.83. The number of H-pyrrole nitrogens is 1. The fourth-order valence-corrected chi connectivity index (χ4v) is 3.61. The standard InChI is InChI=1S/C22H37N5O3/c1-4-7-10-14-23-18(28)13-12-17-24-20-19(26(17)16-11-8-5-2)21(29)25-22(30)27(20)15-9-6-3/h4-16H2,1-3H3,(H,23,28)(H,25,29,30). The van der Waals surface area contributed by atoms with Gasteiger partial charge in [0, 0.05) is 32.5 Å². The average Bonchev–Trinajstić information content (AvgIpc) is 3.08. The van der Waals surface area contributed by atoms with Crippen LogP contribution in [-0.4, -0.2) is 31.6 Å². The molecule has 0 aliphatic heterocycles. The van der Waals surface area contributed by atoms with Crippen LogP contribution < -0.4 is 16.6 Å². The summed E-state index contributed by atoms with van der Waals surface area (Å²) in [7, 11) is 0. The molecule has 168 valence electrons. The molecule has 8 heteroatoms. The van der Waals surface area contributed by atoms with Gasteiger partial charge in [-0.2, -0.15) is 0 Å². The SMILES string of the molecule is CCCCCNC(=O)CCc1nc2c(c(=O)[nH]c(=O)n2CCCC)n1CCCCC. The number of fused-ring (bicyclic) bond motifs is 1. The van der Waals surface area contributed by atoms with Crippen molar-refractivity contribution in [2.24, 2.45) is 0 Å². The first-order valence-electron chi connectivity index (χ1n) is 11.5. The van der Waals surface area contributed by atoms with E-state index in [1.165, 1.54) is 0 Å². The minimum absolute atomic E-state index is 0.00412. The van der Waals surface area contributed by atoms with Crippen LogP contribution in [0.25, 0.3) is 11.2 Å². The van der Waals surface area contributed by atoms with Gasteiger partial charge >= 0.3 is 5.69 Å². The lowest BCUT2D eigenvalue weighted by Gasteiger charge is -2.09. The van der Waals surface area contributed by atoms with Crippen molar-refractivity contribution in [3.8, 4) is 0 Å². The highest BCUT2D eigenvalue weighted by Gasteiger charge is 2.19. The van der Waals surface area contributed by atoms with Crippen LogP contribution in [0.4, 0.5) is 0 Å². The molecule has 0 aromatic carbocycles. The molecule has 1 amide bonds. The molecule has 2 rings (SSSR count). The van der Waals surface area contributed by atoms with Crippen LogP contribution in [0, 0.1) is 0 Å². The lowest BCUT2D eigenvalue weighted by Crippen LogP contribution is -2.31. The van der Waals surface area contributed by atoms with Gasteiger partial charge in [0.2, 0.25) is 5.91 Å². The molecule has 0 atom stereocenters. The molecule has 2 N–H and O–H groups in total. The fourth-order valence-electron chi connectivity index (χ4n) is 3.61. The summed E-state index contributed by atoms with van der Waals surface area (Å²) in [5, 5.41) is 2.95. The van der Waals surface area contributed by atoms with Gasteiger partial charge in [0.05, 0.1) is 0 Å². The Hall–Kier alpha value is -2.38. The predicted molar refractivity (Wildman–Crippen MR) is 120 cm³/mol. The van der Waals surface area contributed by atoms with Crippen LogP contribution in [0.1, 0.15) is 84.4 Å². The van der Waals surface area contributed by atoms with Crippen LogP contribution >= 0.6 is 0 Å². The van der Waals surface area contributed by atoms with Crippen molar-refractivity contribution in [3.05, 3.63) is 26.7 Å². The third kappa shape index (κ3) is 6.31. The van der Waals surface area contributed by atoms with Crippen LogP contribution in [0.2, 0.25) is 0 Å². The van der Waals surface area contributed by atoms with Crippen molar-refractivity contribution in [1.29, 1.82) is 0 Å². The lowest BCUT2D eigenvalue weighted by atomic mass is 10.2. The van der Waals surface area contributed by atoms with Gasteiger partial charge in [-0.3, -0.25) is 19.1 Å². The van der Waals surface area contributed by atoms with Crippen molar-refractivity contribution in [2.75, 3.05) is 6.54 Å². The molecule has 0 aliphatic carbocycles. The number of nitrogens with zero attached hydrogens (tertiary/aromatic N) is 3. The summed E-state index contributed by atoms with van der Waals surface area (Å²) in [5.41, 5.74) is 0.0635. The maximum absolute atomic E-state index is 12.6. The fraction of sp³-hybridized carbons (Fsp3) is 0.727. The summed E-state index contributed by atoms with van der Waals surface area (Å²) in [5.74, 6) is 0.696. The summed E-state index contributed by atoms with van der Waals surface area (Å²) >= 11 is 0. The van der Waals surface area contributed by atoms with Crippen molar-refractivity contribution in [1.82, 2.24) is 24.4 Å². The smallest absolute Gasteiger partial charge is 0.330 e. The maximum atomic E-state index is 12.6. The predicted octanol–water partition coefficient (Wildman–Crippen LogP) is 3.12. The highest BCUT2D eigenvalue weighted by atomic mass is 16.2. The Labute approximate surface area is 178 Å². The summed E-state index contributed by atoms with van der Waals surface area (Å²) in [6.07, 6.45) is 8.78. The number of aryl methyl sites for hydroxylation is 3. The Morgan fingerprint density at radius 2 is 1.60 bits per heavy atom. The zero-order valence-electron chi connectivity index (χ0n) is 18.8. The van der Waals surface area contributed by atoms with Crippen molar-refractivity contribution < 1.29 is 4.79 Å². The van der Waals surface area contributed by atoms with E-state index in [9.17, 15) is 14.4 Å². The molecule has 2 aromatic heterocycles. The maximum Gasteiger partial charge on any atom is 0.330 e.